The van der Waals surface area contributed by atoms with Crippen LogP contribution in [0.5, 0.6) is 0 Å². The summed E-state index contributed by atoms with van der Waals surface area (Å²) in [4.78, 5) is 62.9. The molecule has 0 saturated heterocycles. The Kier molecular flexibility index (Phi) is 10.9. The highest BCUT2D eigenvalue weighted by Gasteiger charge is 2.36. The molecule has 0 aliphatic heterocycles. The van der Waals surface area contributed by atoms with Crippen LogP contribution in [-0.2, 0) is 28.7 Å². The quantitative estimate of drug-likeness (QED) is 0.246. The summed E-state index contributed by atoms with van der Waals surface area (Å²) in [5.74, 6) is -3.00. The minimum absolute atomic E-state index is 0.186. The predicted octanol–water partition coefficient (Wildman–Crippen LogP) is 1.21. The Bertz CT molecular complexity index is 1040. The van der Waals surface area contributed by atoms with E-state index in [1.165, 1.54) is 0 Å². The Labute approximate surface area is 211 Å². The molecule has 1 aromatic carbocycles. The second-order valence-electron chi connectivity index (χ2n) is 9.08. The Hall–Kier alpha value is -4.07. The zero-order valence-electron chi connectivity index (χ0n) is 21.5. The fourth-order valence-electron chi connectivity index (χ4n) is 3.11. The molecule has 1 rings (SSSR count). The van der Waals surface area contributed by atoms with Crippen LogP contribution < -0.4 is 16.4 Å². The minimum Gasteiger partial charge on any atom is -0.468 e. The molecular formula is C25H34N4O7. The van der Waals surface area contributed by atoms with E-state index in [9.17, 15) is 24.0 Å². The van der Waals surface area contributed by atoms with Crippen molar-refractivity contribution in [1.82, 2.24) is 15.5 Å². The van der Waals surface area contributed by atoms with Crippen LogP contribution >= 0.6 is 0 Å². The molecule has 4 N–H and O–H groups in total. The topological polar surface area (TPSA) is 157 Å². The number of nitrogens with two attached hydrogens (primary N) is 1. The summed E-state index contributed by atoms with van der Waals surface area (Å²) in [5.41, 5.74) is 6.53. The van der Waals surface area contributed by atoms with Gasteiger partial charge in [0.15, 0.2) is 0 Å². The molecular weight excluding hydrogens is 468 g/mol. The molecule has 0 saturated carbocycles. The van der Waals surface area contributed by atoms with Gasteiger partial charge in [-0.3, -0.25) is 24.1 Å². The van der Waals surface area contributed by atoms with E-state index in [0.717, 1.165) is 23.1 Å². The van der Waals surface area contributed by atoms with E-state index in [1.807, 2.05) is 13.8 Å². The summed E-state index contributed by atoms with van der Waals surface area (Å²) >= 11 is 0. The number of carbonyl (C=O) groups is 5. The largest absolute Gasteiger partial charge is 0.468 e. The van der Waals surface area contributed by atoms with Crippen molar-refractivity contribution >= 4 is 29.8 Å². The van der Waals surface area contributed by atoms with E-state index in [-0.39, 0.29) is 12.8 Å². The number of nitrogens with one attached hydrogen (secondary N) is 2. The monoisotopic (exact) mass is 502 g/mol. The first-order chi connectivity index (χ1) is 16.7. The molecule has 2 atom stereocenters. The molecule has 2 unspecified atom stereocenters. The van der Waals surface area contributed by atoms with Gasteiger partial charge < -0.3 is 25.8 Å². The number of nitrogens with zero attached hydrogens (tertiary/aromatic N) is 1. The Balaban J connectivity index is 3.42. The number of benzene rings is 1. The molecule has 36 heavy (non-hydrogen) atoms. The van der Waals surface area contributed by atoms with Gasteiger partial charge in [-0.1, -0.05) is 24.6 Å². The van der Waals surface area contributed by atoms with Gasteiger partial charge in [0.1, 0.15) is 24.2 Å². The van der Waals surface area contributed by atoms with E-state index in [2.05, 4.69) is 21.4 Å². The number of ether oxygens (including phenoxy) is 2. The number of aryl methyl sites for hydroxylation is 2. The van der Waals surface area contributed by atoms with E-state index in [1.54, 1.807) is 39.0 Å². The van der Waals surface area contributed by atoms with Crippen molar-refractivity contribution in [1.29, 1.82) is 0 Å². The van der Waals surface area contributed by atoms with Crippen molar-refractivity contribution in [3.63, 3.8) is 0 Å². The summed E-state index contributed by atoms with van der Waals surface area (Å²) in [6.07, 6.45) is 4.33. The lowest BCUT2D eigenvalue weighted by atomic mass is 9.98. The Morgan fingerprint density at radius 2 is 1.78 bits per heavy atom. The highest BCUT2D eigenvalue weighted by molar-refractivity contribution is 5.94. The summed E-state index contributed by atoms with van der Waals surface area (Å²) in [5, 5.41) is 4.81. The van der Waals surface area contributed by atoms with Gasteiger partial charge in [-0.05, 0) is 57.7 Å². The fraction of sp³-hybridized carbons (Fsp3) is 0.480. The molecule has 4 amide bonds. The third-order valence-corrected chi connectivity index (χ3v) is 5.03. The maximum absolute atomic E-state index is 13.5. The van der Waals surface area contributed by atoms with Gasteiger partial charge in [0.05, 0.1) is 7.11 Å². The molecule has 11 heteroatoms. The van der Waals surface area contributed by atoms with Gasteiger partial charge in [0, 0.05) is 12.5 Å². The molecule has 0 aliphatic rings. The minimum atomic E-state index is -1.36. The molecule has 0 heterocycles. The molecule has 0 radical (unpaired) electrons. The number of hydrogen-bond donors (Lipinski definition) is 3. The molecule has 0 fully saturated rings. The van der Waals surface area contributed by atoms with Crippen molar-refractivity contribution in [3.05, 3.63) is 34.9 Å². The van der Waals surface area contributed by atoms with E-state index in [4.69, 9.17) is 16.9 Å². The molecule has 0 spiro atoms. The van der Waals surface area contributed by atoms with Crippen LogP contribution in [0.4, 0.5) is 4.79 Å². The number of esters is 1. The van der Waals surface area contributed by atoms with Crippen LogP contribution in [0.15, 0.2) is 18.2 Å². The third-order valence-electron chi connectivity index (χ3n) is 5.03. The van der Waals surface area contributed by atoms with Crippen LogP contribution in [0.3, 0.4) is 0 Å². The average molecular weight is 503 g/mol. The second-order valence-corrected chi connectivity index (χ2v) is 9.08. The maximum atomic E-state index is 13.5. The van der Waals surface area contributed by atoms with Crippen LogP contribution in [0, 0.1) is 26.3 Å². The molecule has 0 aliphatic carbocycles. The Morgan fingerprint density at radius 1 is 1.14 bits per heavy atom. The van der Waals surface area contributed by atoms with Crippen molar-refractivity contribution in [2.45, 2.75) is 65.1 Å². The van der Waals surface area contributed by atoms with Crippen LogP contribution in [0.2, 0.25) is 0 Å². The van der Waals surface area contributed by atoms with Gasteiger partial charge in [-0.15, -0.1) is 0 Å². The fourth-order valence-corrected chi connectivity index (χ4v) is 3.11. The molecule has 1 aromatic rings. The second kappa shape index (κ2) is 13.1. The van der Waals surface area contributed by atoms with Gasteiger partial charge >= 0.3 is 12.1 Å². The number of methoxy groups -OCH3 is 1. The zero-order valence-corrected chi connectivity index (χ0v) is 21.5. The highest BCUT2D eigenvalue weighted by atomic mass is 16.6. The number of hydrogen-bond acceptors (Lipinski definition) is 7. The zero-order chi connectivity index (χ0) is 27.6. The van der Waals surface area contributed by atoms with Crippen LogP contribution in [0.25, 0.3) is 0 Å². The smallest absolute Gasteiger partial charge is 0.408 e. The number of carbonyl (C=O) groups excluding carboxylic acids is 5. The summed E-state index contributed by atoms with van der Waals surface area (Å²) in [7, 11) is 1.16. The molecule has 11 nitrogen and oxygen atoms in total. The van der Waals surface area contributed by atoms with Gasteiger partial charge in [-0.2, -0.15) is 0 Å². The Morgan fingerprint density at radius 3 is 2.28 bits per heavy atom. The van der Waals surface area contributed by atoms with E-state index < -0.39 is 54.0 Å². The van der Waals surface area contributed by atoms with Crippen molar-refractivity contribution in [2.75, 3.05) is 13.7 Å². The highest BCUT2D eigenvalue weighted by Crippen LogP contribution is 2.25. The van der Waals surface area contributed by atoms with Gasteiger partial charge in [0.2, 0.25) is 11.8 Å². The first-order valence-corrected chi connectivity index (χ1v) is 11.2. The summed E-state index contributed by atoms with van der Waals surface area (Å²) in [6, 6.07) is 4.59. The van der Waals surface area contributed by atoms with Gasteiger partial charge in [-0.25, -0.2) is 4.79 Å². The van der Waals surface area contributed by atoms with E-state index >= 15 is 0 Å². The number of primary amides is 1. The van der Waals surface area contributed by atoms with E-state index in [0.29, 0.717) is 5.56 Å². The number of rotatable bonds is 10. The van der Waals surface area contributed by atoms with Crippen LogP contribution in [0.1, 0.15) is 56.3 Å². The lowest BCUT2D eigenvalue weighted by Gasteiger charge is -2.30. The molecule has 0 bridgehead atoms. The number of amides is 4. The normalized spacial score (nSPS) is 12.4. The van der Waals surface area contributed by atoms with Crippen LogP contribution in [-0.4, -0.2) is 60.0 Å². The first-order valence-electron chi connectivity index (χ1n) is 11.2. The summed E-state index contributed by atoms with van der Waals surface area (Å²) in [6.45, 7) is 8.17. The number of alkyl carbamates (subject to hydrolysis) is 1. The molecule has 196 valence electrons. The SMILES string of the molecule is C#CN(C(=O)C(CCC(N)=O)NC(=O)OC(C)(C)C)C(C(=O)NCC(=O)OC)c1ccc(C)c(C)c1. The number of terminal acetylenes is 1. The first kappa shape index (κ1) is 30.0. The lowest BCUT2D eigenvalue weighted by molar-refractivity contribution is -0.142. The third kappa shape index (κ3) is 9.29. The maximum Gasteiger partial charge on any atom is 0.408 e. The van der Waals surface area contributed by atoms with Gasteiger partial charge in [0.25, 0.3) is 5.91 Å². The predicted molar refractivity (Wildman–Crippen MR) is 131 cm³/mol. The lowest BCUT2D eigenvalue weighted by Crippen LogP contribution is -2.52. The summed E-state index contributed by atoms with van der Waals surface area (Å²) < 4.78 is 9.77. The van der Waals surface area contributed by atoms with Crippen molar-refractivity contribution < 1.29 is 33.4 Å². The van der Waals surface area contributed by atoms with Crippen molar-refractivity contribution in [2.24, 2.45) is 5.73 Å². The standard InChI is InChI=1S/C25H34N4O7/c1-8-29(23(33)18(11-12-19(26)30)28-24(34)36-25(4,5)6)21(22(32)27-14-20(31)35-7)17-10-9-15(2)16(3)13-17/h1,9-10,13,18,21H,11-12,14H2,2-7H3,(H2,26,30)(H,27,32)(H,28,34). The average Bonchev–Trinajstić information content (AvgIpc) is 2.78. The van der Waals surface area contributed by atoms with Crippen molar-refractivity contribution in [3.8, 4) is 12.5 Å². The molecule has 0 aromatic heterocycles.